The first-order valence-electron chi connectivity index (χ1n) is 9.03. The van der Waals surface area contributed by atoms with Crippen LogP contribution in [0, 0.1) is 17.8 Å². The second-order valence-electron chi connectivity index (χ2n) is 7.75. The summed E-state index contributed by atoms with van der Waals surface area (Å²) in [6.07, 6.45) is 9.89. The summed E-state index contributed by atoms with van der Waals surface area (Å²) >= 11 is 0. The summed E-state index contributed by atoms with van der Waals surface area (Å²) in [4.78, 5) is 0. The third-order valence-corrected chi connectivity index (χ3v) is 5.25. The molecule has 2 saturated carbocycles. The zero-order chi connectivity index (χ0) is 14.7. The van der Waals surface area contributed by atoms with Gasteiger partial charge in [0.25, 0.3) is 0 Å². The highest BCUT2D eigenvalue weighted by atomic mass is 15.0. The lowest BCUT2D eigenvalue weighted by Gasteiger charge is -2.34. The Morgan fingerprint density at radius 1 is 1.05 bits per heavy atom. The van der Waals surface area contributed by atoms with E-state index < -0.39 is 0 Å². The van der Waals surface area contributed by atoms with Crippen LogP contribution in [-0.4, -0.2) is 6.04 Å². The van der Waals surface area contributed by atoms with E-state index in [1.807, 2.05) is 0 Å². The fraction of sp³-hybridized carbons (Fsp3) is 0.700. The number of hydrogen-bond acceptors (Lipinski definition) is 1. The Labute approximate surface area is 130 Å². The van der Waals surface area contributed by atoms with E-state index in [-0.39, 0.29) is 0 Å². The molecule has 3 rings (SSSR count). The minimum atomic E-state index is 0.606. The molecule has 1 aromatic rings. The predicted molar refractivity (Wildman–Crippen MR) is 90.2 cm³/mol. The summed E-state index contributed by atoms with van der Waals surface area (Å²) < 4.78 is 0. The Balaban J connectivity index is 1.60. The van der Waals surface area contributed by atoms with E-state index in [2.05, 4.69) is 49.5 Å². The van der Waals surface area contributed by atoms with Gasteiger partial charge >= 0.3 is 0 Å². The third-order valence-electron chi connectivity index (χ3n) is 5.25. The maximum absolute atomic E-state index is 4.04. The summed E-state index contributed by atoms with van der Waals surface area (Å²) in [6.45, 7) is 4.74. The van der Waals surface area contributed by atoms with Crippen molar-refractivity contribution in [2.45, 2.75) is 70.9 Å². The maximum Gasteiger partial charge on any atom is 0.0351 e. The second kappa shape index (κ2) is 6.96. The number of rotatable bonds is 6. The Kier molecular flexibility index (Phi) is 5.00. The van der Waals surface area contributed by atoms with Crippen molar-refractivity contribution in [3.63, 3.8) is 0 Å². The van der Waals surface area contributed by atoms with Crippen LogP contribution in [0.5, 0.6) is 0 Å². The first-order chi connectivity index (χ1) is 10.2. The Bertz CT molecular complexity index is 421. The number of hydrogen-bond donors (Lipinski definition) is 1. The Morgan fingerprint density at radius 2 is 1.81 bits per heavy atom. The molecule has 0 saturated heterocycles. The lowest BCUT2D eigenvalue weighted by atomic mass is 9.80. The lowest BCUT2D eigenvalue weighted by Crippen LogP contribution is -2.38. The van der Waals surface area contributed by atoms with Gasteiger partial charge in [-0.3, -0.25) is 0 Å². The van der Waals surface area contributed by atoms with Gasteiger partial charge in [-0.15, -0.1) is 0 Å². The molecule has 0 amide bonds. The molecule has 1 heteroatoms. The molecule has 2 aliphatic rings. The first kappa shape index (κ1) is 15.1. The van der Waals surface area contributed by atoms with Crippen LogP contribution in [0.3, 0.4) is 0 Å². The van der Waals surface area contributed by atoms with Crippen LogP contribution in [0.15, 0.2) is 30.3 Å². The van der Waals surface area contributed by atoms with E-state index in [1.54, 1.807) is 0 Å². The lowest BCUT2D eigenvalue weighted by molar-refractivity contribution is 0.234. The van der Waals surface area contributed by atoms with Gasteiger partial charge in [-0.25, -0.2) is 0 Å². The molecule has 0 bridgehead atoms. The molecule has 3 unspecified atom stereocenters. The van der Waals surface area contributed by atoms with Crippen molar-refractivity contribution in [1.29, 1.82) is 0 Å². The van der Waals surface area contributed by atoms with Gasteiger partial charge in [-0.05, 0) is 55.4 Å². The van der Waals surface area contributed by atoms with E-state index in [4.69, 9.17) is 0 Å². The van der Waals surface area contributed by atoms with Gasteiger partial charge in [0.05, 0.1) is 0 Å². The fourth-order valence-corrected chi connectivity index (χ4v) is 4.17. The van der Waals surface area contributed by atoms with Crippen molar-refractivity contribution < 1.29 is 0 Å². The molecule has 2 fully saturated rings. The molecular formula is C20H31N. The topological polar surface area (TPSA) is 12.0 Å². The minimum absolute atomic E-state index is 0.606. The van der Waals surface area contributed by atoms with E-state index in [1.165, 1.54) is 50.5 Å². The van der Waals surface area contributed by atoms with Gasteiger partial charge in [-0.1, -0.05) is 57.0 Å². The monoisotopic (exact) mass is 285 g/mol. The summed E-state index contributed by atoms with van der Waals surface area (Å²) in [5.74, 6) is 2.69. The zero-order valence-corrected chi connectivity index (χ0v) is 13.7. The van der Waals surface area contributed by atoms with E-state index in [9.17, 15) is 0 Å². The second-order valence-corrected chi connectivity index (χ2v) is 7.75. The normalized spacial score (nSPS) is 27.8. The molecular weight excluding hydrogens is 254 g/mol. The average molecular weight is 285 g/mol. The fourth-order valence-electron chi connectivity index (χ4n) is 4.17. The van der Waals surface area contributed by atoms with Crippen LogP contribution in [0.25, 0.3) is 0 Å². The quantitative estimate of drug-likeness (QED) is 0.744. The van der Waals surface area contributed by atoms with Gasteiger partial charge in [-0.2, -0.15) is 0 Å². The van der Waals surface area contributed by atoms with E-state index >= 15 is 0 Å². The van der Waals surface area contributed by atoms with Crippen molar-refractivity contribution in [2.75, 3.05) is 0 Å². The number of nitrogens with one attached hydrogen (secondary N) is 1. The molecule has 1 aromatic carbocycles. The van der Waals surface area contributed by atoms with Gasteiger partial charge in [0.1, 0.15) is 0 Å². The first-order valence-corrected chi connectivity index (χ1v) is 9.03. The van der Waals surface area contributed by atoms with Crippen molar-refractivity contribution in [3.8, 4) is 0 Å². The van der Waals surface area contributed by atoms with E-state index in [0.717, 1.165) is 23.8 Å². The Morgan fingerprint density at radius 3 is 2.48 bits per heavy atom. The summed E-state index contributed by atoms with van der Waals surface area (Å²) in [5.41, 5.74) is 1.51. The van der Waals surface area contributed by atoms with Crippen LogP contribution in [0.4, 0.5) is 0 Å². The van der Waals surface area contributed by atoms with Crippen molar-refractivity contribution >= 4 is 0 Å². The maximum atomic E-state index is 4.04. The highest BCUT2D eigenvalue weighted by molar-refractivity contribution is 5.21. The molecule has 0 radical (unpaired) electrons. The molecule has 21 heavy (non-hydrogen) atoms. The van der Waals surface area contributed by atoms with Crippen LogP contribution < -0.4 is 5.32 Å². The molecule has 0 heterocycles. The predicted octanol–water partition coefficient (Wildman–Crippen LogP) is 5.33. The highest BCUT2D eigenvalue weighted by Crippen LogP contribution is 2.42. The average Bonchev–Trinajstić information content (AvgIpc) is 3.30. The van der Waals surface area contributed by atoms with E-state index in [0.29, 0.717) is 6.04 Å². The molecule has 0 aromatic heterocycles. The molecule has 116 valence electrons. The van der Waals surface area contributed by atoms with Gasteiger partial charge in [0.15, 0.2) is 0 Å². The Hall–Kier alpha value is -0.820. The molecule has 2 aliphatic carbocycles. The van der Waals surface area contributed by atoms with Crippen molar-refractivity contribution in [3.05, 3.63) is 35.9 Å². The van der Waals surface area contributed by atoms with Crippen LogP contribution >= 0.6 is 0 Å². The van der Waals surface area contributed by atoms with Crippen LogP contribution in [-0.2, 0) is 0 Å². The largest absolute Gasteiger partial charge is 0.307 e. The molecule has 1 nitrogen and oxygen atoms in total. The summed E-state index contributed by atoms with van der Waals surface area (Å²) in [5, 5.41) is 4.04. The number of benzene rings is 1. The molecule has 0 spiro atoms. The van der Waals surface area contributed by atoms with Crippen molar-refractivity contribution in [1.82, 2.24) is 5.32 Å². The smallest absolute Gasteiger partial charge is 0.0351 e. The molecule has 1 N–H and O–H groups in total. The summed E-state index contributed by atoms with van der Waals surface area (Å²) in [7, 11) is 0. The molecule has 0 aliphatic heterocycles. The third kappa shape index (κ3) is 4.32. The zero-order valence-electron chi connectivity index (χ0n) is 13.7. The molecule has 3 atom stereocenters. The van der Waals surface area contributed by atoms with Gasteiger partial charge < -0.3 is 5.32 Å². The van der Waals surface area contributed by atoms with Crippen molar-refractivity contribution in [2.24, 2.45) is 17.8 Å². The van der Waals surface area contributed by atoms with Crippen LogP contribution in [0.1, 0.15) is 70.4 Å². The standard InChI is InChI=1S/C20H31N/c1-15(2)13-16-7-6-10-19(14-16)21-20(18-11-12-18)17-8-4-3-5-9-17/h3-5,8-9,15-16,18-21H,6-7,10-14H2,1-2H3. The van der Waals surface area contributed by atoms with Crippen LogP contribution in [0.2, 0.25) is 0 Å². The van der Waals surface area contributed by atoms with Gasteiger partial charge in [0.2, 0.25) is 0 Å². The minimum Gasteiger partial charge on any atom is -0.307 e. The van der Waals surface area contributed by atoms with Gasteiger partial charge in [0, 0.05) is 12.1 Å². The SMILES string of the molecule is CC(C)CC1CCCC(NC(c2ccccc2)C2CC2)C1. The highest BCUT2D eigenvalue weighted by Gasteiger charge is 2.34. The summed E-state index contributed by atoms with van der Waals surface area (Å²) in [6, 6.07) is 12.5.